The van der Waals surface area contributed by atoms with Gasteiger partial charge < -0.3 is 4.74 Å². The summed E-state index contributed by atoms with van der Waals surface area (Å²) in [7, 11) is -4.17. The fourth-order valence-corrected chi connectivity index (χ4v) is 2.74. The predicted octanol–water partition coefficient (Wildman–Crippen LogP) is 2.30. The van der Waals surface area contributed by atoms with Crippen molar-refractivity contribution in [3.63, 3.8) is 0 Å². The average Bonchev–Trinajstić information content (AvgIpc) is 2.69. The minimum Gasteiger partial charge on any atom is -0.360 e. The smallest absolute Gasteiger partial charge is 0.155 e. The molecule has 19 heavy (non-hydrogen) atoms. The Kier molecular flexibility index (Phi) is 5.34. The van der Waals surface area contributed by atoms with Crippen molar-refractivity contribution < 1.29 is 13.2 Å². The molecule has 110 valence electrons. The Morgan fingerprint density at radius 2 is 2.05 bits per heavy atom. The first-order chi connectivity index (χ1) is 8.59. The quantitative estimate of drug-likeness (QED) is 0.573. The number of aromatic nitrogens is 2. The highest BCUT2D eigenvalue weighted by atomic mass is 32.2. The molecule has 0 saturated carbocycles. The van der Waals surface area contributed by atoms with E-state index in [1.54, 1.807) is 23.9 Å². The fourth-order valence-electron chi connectivity index (χ4n) is 1.42. The predicted molar refractivity (Wildman–Crippen MR) is 79.6 cm³/mol. The Balaban J connectivity index is 2.48. The highest BCUT2D eigenvalue weighted by molar-refractivity contribution is 7.90. The Bertz CT molecular complexity index is 505. The minimum atomic E-state index is -3.10. The molecule has 1 unspecified atom stereocenters. The number of sulfone groups is 1. The van der Waals surface area contributed by atoms with Gasteiger partial charge in [0.05, 0.1) is 5.69 Å². The van der Waals surface area contributed by atoms with Crippen LogP contribution in [0.1, 0.15) is 17.9 Å². The molecule has 0 bridgehead atoms. The number of ether oxygens (including phenoxy) is 1. The number of nitrogens with zero attached hydrogens (tertiary/aromatic N) is 2. The summed E-state index contributed by atoms with van der Waals surface area (Å²) in [6.45, 7) is 9.66. The van der Waals surface area contributed by atoms with Crippen molar-refractivity contribution in [2.45, 2.75) is 44.6 Å². The minimum absolute atomic E-state index is 0.376. The van der Waals surface area contributed by atoms with Gasteiger partial charge >= 0.3 is 0 Å². The number of hydrogen-bond acceptors (Lipinski definition) is 4. The molecular weight excluding hydrogens is 280 g/mol. The summed E-state index contributed by atoms with van der Waals surface area (Å²) in [6, 6.07) is 2.84. The highest BCUT2D eigenvalue weighted by Crippen LogP contribution is 2.18. The third kappa shape index (κ3) is 5.88. The van der Waals surface area contributed by atoms with E-state index in [1.807, 2.05) is 0 Å². The second-order valence-electron chi connectivity index (χ2n) is 6.10. The fraction of sp³-hybridized carbons (Fsp3) is 0.750. The van der Waals surface area contributed by atoms with Crippen molar-refractivity contribution in [3.8, 4) is 0 Å². The van der Waals surface area contributed by atoms with Crippen LogP contribution in [0.4, 0.5) is 0 Å². The van der Waals surface area contributed by atoms with Crippen molar-refractivity contribution >= 4 is 17.9 Å². The maximum absolute atomic E-state index is 11.4. The Hall–Kier alpha value is -0.663. The molecule has 0 radical (unpaired) electrons. The maximum atomic E-state index is 11.4. The van der Waals surface area contributed by atoms with Crippen LogP contribution in [0.15, 0.2) is 12.3 Å². The lowest BCUT2D eigenvalue weighted by Crippen LogP contribution is -2.22. The van der Waals surface area contributed by atoms with Gasteiger partial charge in [-0.2, -0.15) is 5.10 Å². The molecule has 1 atom stereocenters. The van der Waals surface area contributed by atoms with E-state index in [4.69, 9.17) is 4.74 Å². The zero-order chi connectivity index (χ0) is 14.7. The van der Waals surface area contributed by atoms with Crippen LogP contribution in [-0.2, 0) is 21.3 Å². The van der Waals surface area contributed by atoms with E-state index < -0.39 is 23.2 Å². The molecule has 0 amide bonds. The van der Waals surface area contributed by atoms with Gasteiger partial charge in [0.1, 0.15) is 12.0 Å². The van der Waals surface area contributed by atoms with Crippen LogP contribution < -0.4 is 0 Å². The normalized spacial score (nSPS) is 14.6. The van der Waals surface area contributed by atoms with Crippen LogP contribution in [0.5, 0.6) is 0 Å². The van der Waals surface area contributed by atoms with E-state index in [0.29, 0.717) is 12.4 Å². The molecule has 1 aromatic rings. The van der Waals surface area contributed by atoms with E-state index in [9.17, 15) is 8.42 Å². The van der Waals surface area contributed by atoms with Crippen LogP contribution in [0.2, 0.25) is 25.7 Å². The van der Waals surface area contributed by atoms with E-state index in [0.717, 1.165) is 12.7 Å². The number of hydrogen-bond donors (Lipinski definition) is 0. The Morgan fingerprint density at radius 3 is 2.58 bits per heavy atom. The molecule has 0 saturated heterocycles. The highest BCUT2D eigenvalue weighted by Gasteiger charge is 2.19. The molecule has 0 fully saturated rings. The Labute approximate surface area is 116 Å². The van der Waals surface area contributed by atoms with Crippen LogP contribution >= 0.6 is 0 Å². The molecule has 1 aromatic heterocycles. The van der Waals surface area contributed by atoms with E-state index in [1.165, 1.54) is 6.26 Å². The summed E-state index contributed by atoms with van der Waals surface area (Å²) in [5.74, 6) is 0. The van der Waals surface area contributed by atoms with Crippen molar-refractivity contribution in [1.29, 1.82) is 0 Å². The summed E-state index contributed by atoms with van der Waals surface area (Å²) in [4.78, 5) is 0. The summed E-state index contributed by atoms with van der Waals surface area (Å²) < 4.78 is 30.1. The summed E-state index contributed by atoms with van der Waals surface area (Å²) in [5, 5.41) is 3.66. The van der Waals surface area contributed by atoms with Gasteiger partial charge in [0.25, 0.3) is 0 Å². The average molecular weight is 304 g/mol. The molecule has 5 nitrogen and oxygen atoms in total. The van der Waals surface area contributed by atoms with Crippen LogP contribution in [0.25, 0.3) is 0 Å². The first kappa shape index (κ1) is 16.4. The molecule has 0 N–H and O–H groups in total. The van der Waals surface area contributed by atoms with Gasteiger partial charge in [-0.15, -0.1) is 0 Å². The van der Waals surface area contributed by atoms with Gasteiger partial charge in [-0.3, -0.25) is 0 Å². The second-order valence-corrected chi connectivity index (χ2v) is 14.1. The molecule has 0 aliphatic carbocycles. The molecule has 0 aliphatic heterocycles. The van der Waals surface area contributed by atoms with Crippen molar-refractivity contribution in [2.24, 2.45) is 0 Å². The third-order valence-corrected chi connectivity index (χ3v) is 6.17. The van der Waals surface area contributed by atoms with E-state index in [2.05, 4.69) is 24.7 Å². The second kappa shape index (κ2) is 6.19. The van der Waals surface area contributed by atoms with Crippen LogP contribution in [0, 0.1) is 0 Å². The maximum Gasteiger partial charge on any atom is 0.155 e. The molecule has 1 rings (SSSR count). The molecule has 0 aliphatic rings. The summed E-state index contributed by atoms with van der Waals surface area (Å²) in [6.07, 6.45) is 2.98. The van der Waals surface area contributed by atoms with Gasteiger partial charge in [0.15, 0.2) is 9.84 Å². The van der Waals surface area contributed by atoms with Gasteiger partial charge in [-0.1, -0.05) is 19.6 Å². The number of rotatable bonds is 7. The monoisotopic (exact) mass is 304 g/mol. The van der Waals surface area contributed by atoms with Crippen LogP contribution in [-0.4, -0.2) is 39.1 Å². The molecule has 0 aromatic carbocycles. The molecular formula is C12H24N2O3SSi. The molecule has 7 heteroatoms. The largest absolute Gasteiger partial charge is 0.360 e. The lowest BCUT2D eigenvalue weighted by atomic mass is 10.3. The first-order valence-electron chi connectivity index (χ1n) is 6.39. The van der Waals surface area contributed by atoms with Crippen molar-refractivity contribution in [1.82, 2.24) is 9.78 Å². The van der Waals surface area contributed by atoms with Gasteiger partial charge in [-0.25, -0.2) is 13.1 Å². The van der Waals surface area contributed by atoms with Gasteiger partial charge in [0, 0.05) is 27.1 Å². The van der Waals surface area contributed by atoms with Gasteiger partial charge in [-0.05, 0) is 19.0 Å². The molecule has 1 heterocycles. The summed E-state index contributed by atoms with van der Waals surface area (Å²) in [5.41, 5.74) is 0.566. The van der Waals surface area contributed by atoms with Crippen molar-refractivity contribution in [2.75, 3.05) is 12.9 Å². The van der Waals surface area contributed by atoms with Gasteiger partial charge in [0.2, 0.25) is 0 Å². The van der Waals surface area contributed by atoms with E-state index in [-0.39, 0.29) is 0 Å². The first-order valence-corrected chi connectivity index (χ1v) is 12.1. The summed E-state index contributed by atoms with van der Waals surface area (Å²) >= 11 is 0. The third-order valence-electron chi connectivity index (χ3n) is 2.94. The molecule has 0 spiro atoms. The van der Waals surface area contributed by atoms with Crippen LogP contribution in [0.3, 0.4) is 0 Å². The zero-order valence-corrected chi connectivity index (χ0v) is 14.2. The SMILES string of the molecule is CC(c1ccn(COCC[Si](C)(C)C)n1)S(C)(=O)=O. The lowest BCUT2D eigenvalue weighted by molar-refractivity contribution is 0.0783. The van der Waals surface area contributed by atoms with E-state index >= 15 is 0 Å². The standard InChI is InChI=1S/C12H24N2O3SSi/c1-11(18(2,15)16)12-6-7-14(13-12)10-17-8-9-19(3,4)5/h6-7,11H,8-10H2,1-5H3. The topological polar surface area (TPSA) is 61.2 Å². The lowest BCUT2D eigenvalue weighted by Gasteiger charge is -2.15. The van der Waals surface area contributed by atoms with Crippen molar-refractivity contribution in [3.05, 3.63) is 18.0 Å². The Morgan fingerprint density at radius 1 is 1.42 bits per heavy atom. The zero-order valence-electron chi connectivity index (χ0n) is 12.4.